The highest BCUT2D eigenvalue weighted by Gasteiger charge is 2.06. The van der Waals surface area contributed by atoms with Gasteiger partial charge in [-0.3, -0.25) is 4.79 Å². The molecule has 1 N–H and O–H groups in total. The van der Waals surface area contributed by atoms with Crippen LogP contribution in [0.15, 0.2) is 18.2 Å². The van der Waals surface area contributed by atoms with E-state index in [9.17, 15) is 4.79 Å². The largest absolute Gasteiger partial charge is 0.493 e. The van der Waals surface area contributed by atoms with Gasteiger partial charge in [-0.05, 0) is 18.6 Å². The summed E-state index contributed by atoms with van der Waals surface area (Å²) in [6.07, 6.45) is 0.497. The van der Waals surface area contributed by atoms with Crippen LogP contribution in [0, 0.1) is 11.3 Å². The van der Waals surface area contributed by atoms with Crippen molar-refractivity contribution in [2.24, 2.45) is 0 Å². The molecule has 1 aromatic carbocycles. The smallest absolute Gasteiger partial charge is 0.303 e. The van der Waals surface area contributed by atoms with Crippen molar-refractivity contribution < 1.29 is 19.4 Å². The minimum Gasteiger partial charge on any atom is -0.493 e. The van der Waals surface area contributed by atoms with Gasteiger partial charge >= 0.3 is 5.97 Å². The maximum absolute atomic E-state index is 10.3. The predicted molar refractivity (Wildman–Crippen MR) is 60.1 cm³/mol. The lowest BCUT2D eigenvalue weighted by Crippen LogP contribution is -2.03. The molecule has 0 radical (unpaired) electrons. The first kappa shape index (κ1) is 12.8. The van der Waals surface area contributed by atoms with Crippen LogP contribution in [0.1, 0.15) is 18.4 Å². The number of nitriles is 1. The van der Waals surface area contributed by atoms with Crippen molar-refractivity contribution in [2.75, 3.05) is 13.7 Å². The van der Waals surface area contributed by atoms with E-state index < -0.39 is 5.97 Å². The van der Waals surface area contributed by atoms with Gasteiger partial charge in [0, 0.05) is 12.5 Å². The molecule has 0 atom stereocenters. The first-order chi connectivity index (χ1) is 8.17. The zero-order chi connectivity index (χ0) is 12.7. The maximum Gasteiger partial charge on any atom is 0.303 e. The van der Waals surface area contributed by atoms with Crippen LogP contribution in [0.3, 0.4) is 0 Å². The average Bonchev–Trinajstić information content (AvgIpc) is 2.34. The minimum atomic E-state index is -0.847. The second kappa shape index (κ2) is 6.38. The van der Waals surface area contributed by atoms with E-state index in [2.05, 4.69) is 0 Å². The maximum atomic E-state index is 10.3. The van der Waals surface area contributed by atoms with Gasteiger partial charge in [0.2, 0.25) is 0 Å². The zero-order valence-corrected chi connectivity index (χ0v) is 9.47. The number of hydrogen-bond acceptors (Lipinski definition) is 4. The van der Waals surface area contributed by atoms with E-state index >= 15 is 0 Å². The van der Waals surface area contributed by atoms with E-state index in [1.807, 2.05) is 6.07 Å². The Balaban J connectivity index is 2.59. The number of carboxylic acid groups (broad SMARTS) is 1. The molecule has 5 nitrogen and oxygen atoms in total. The third-order valence-electron chi connectivity index (χ3n) is 2.09. The van der Waals surface area contributed by atoms with Crippen LogP contribution in [0.2, 0.25) is 0 Å². The molecule has 0 saturated carbocycles. The van der Waals surface area contributed by atoms with Gasteiger partial charge in [-0.25, -0.2) is 0 Å². The molecule has 0 aliphatic rings. The molecule has 0 fully saturated rings. The number of nitrogens with zero attached hydrogens (tertiary/aromatic N) is 1. The first-order valence-electron chi connectivity index (χ1n) is 5.10. The van der Waals surface area contributed by atoms with Gasteiger partial charge in [0.15, 0.2) is 11.5 Å². The Hall–Kier alpha value is -2.22. The van der Waals surface area contributed by atoms with Crippen LogP contribution >= 0.6 is 0 Å². The Morgan fingerprint density at radius 1 is 1.47 bits per heavy atom. The standard InChI is InChI=1S/C12H13NO4/c1-16-11-7-9(8-13)4-5-10(11)17-6-2-3-12(14)15/h4-5,7H,2-3,6H2,1H3,(H,14,15). The monoisotopic (exact) mass is 235 g/mol. The summed E-state index contributed by atoms with van der Waals surface area (Å²) < 4.78 is 10.5. The predicted octanol–water partition coefficient (Wildman–Crippen LogP) is 1.81. The fourth-order valence-electron chi connectivity index (χ4n) is 1.26. The molecule has 0 heterocycles. The number of methoxy groups -OCH3 is 1. The quantitative estimate of drug-likeness (QED) is 0.760. The SMILES string of the molecule is COc1cc(C#N)ccc1OCCCC(=O)O. The Morgan fingerprint density at radius 2 is 2.24 bits per heavy atom. The lowest BCUT2D eigenvalue weighted by molar-refractivity contribution is -0.137. The van der Waals surface area contributed by atoms with E-state index in [0.29, 0.717) is 30.1 Å². The van der Waals surface area contributed by atoms with Crippen molar-refractivity contribution >= 4 is 5.97 Å². The van der Waals surface area contributed by atoms with Crippen LogP contribution in [0.5, 0.6) is 11.5 Å². The molecular formula is C12H13NO4. The fraction of sp³-hybridized carbons (Fsp3) is 0.333. The minimum absolute atomic E-state index is 0.0681. The lowest BCUT2D eigenvalue weighted by atomic mass is 10.2. The van der Waals surface area contributed by atoms with E-state index in [-0.39, 0.29) is 6.42 Å². The molecule has 0 unspecified atom stereocenters. The second-order valence-corrected chi connectivity index (χ2v) is 3.32. The van der Waals surface area contributed by atoms with Gasteiger partial charge in [0.05, 0.1) is 25.3 Å². The molecule has 17 heavy (non-hydrogen) atoms. The number of benzene rings is 1. The van der Waals surface area contributed by atoms with Gasteiger partial charge in [0.25, 0.3) is 0 Å². The fourth-order valence-corrected chi connectivity index (χ4v) is 1.26. The molecule has 90 valence electrons. The van der Waals surface area contributed by atoms with Crippen LogP contribution < -0.4 is 9.47 Å². The molecule has 0 aliphatic carbocycles. The van der Waals surface area contributed by atoms with E-state index in [1.54, 1.807) is 18.2 Å². The summed E-state index contributed by atoms with van der Waals surface area (Å²) in [5.74, 6) is 0.136. The average molecular weight is 235 g/mol. The Bertz CT molecular complexity index is 437. The summed E-state index contributed by atoms with van der Waals surface area (Å²) >= 11 is 0. The topological polar surface area (TPSA) is 79.5 Å². The summed E-state index contributed by atoms with van der Waals surface area (Å²) in [5, 5.41) is 17.2. The van der Waals surface area contributed by atoms with E-state index in [4.69, 9.17) is 19.8 Å². The van der Waals surface area contributed by atoms with E-state index in [1.165, 1.54) is 7.11 Å². The number of rotatable bonds is 6. The molecule has 0 amide bonds. The van der Waals surface area contributed by atoms with Gasteiger partial charge in [-0.2, -0.15) is 5.26 Å². The third kappa shape index (κ3) is 4.03. The highest BCUT2D eigenvalue weighted by atomic mass is 16.5. The molecule has 0 aromatic heterocycles. The summed E-state index contributed by atoms with van der Waals surface area (Å²) in [7, 11) is 1.49. The van der Waals surface area contributed by atoms with Crippen LogP contribution in [-0.2, 0) is 4.79 Å². The molecule has 1 aromatic rings. The van der Waals surface area contributed by atoms with E-state index in [0.717, 1.165) is 0 Å². The van der Waals surface area contributed by atoms with Crippen molar-refractivity contribution in [1.29, 1.82) is 5.26 Å². The van der Waals surface area contributed by atoms with Crippen molar-refractivity contribution in [3.63, 3.8) is 0 Å². The summed E-state index contributed by atoms with van der Waals surface area (Å²) in [5.41, 5.74) is 0.486. The van der Waals surface area contributed by atoms with Crippen molar-refractivity contribution in [3.8, 4) is 17.6 Å². The Morgan fingerprint density at radius 3 is 2.82 bits per heavy atom. The second-order valence-electron chi connectivity index (χ2n) is 3.32. The molecule has 0 bridgehead atoms. The third-order valence-corrected chi connectivity index (χ3v) is 2.09. The molecular weight excluding hydrogens is 222 g/mol. The number of ether oxygens (including phenoxy) is 2. The number of aliphatic carboxylic acids is 1. The highest BCUT2D eigenvalue weighted by molar-refractivity contribution is 5.66. The summed E-state index contributed by atoms with van der Waals surface area (Å²) in [4.78, 5) is 10.3. The molecule has 5 heteroatoms. The van der Waals surface area contributed by atoms with Gasteiger partial charge in [0.1, 0.15) is 0 Å². The highest BCUT2D eigenvalue weighted by Crippen LogP contribution is 2.27. The molecule has 0 aliphatic heterocycles. The van der Waals surface area contributed by atoms with Crippen molar-refractivity contribution in [1.82, 2.24) is 0 Å². The van der Waals surface area contributed by atoms with Crippen LogP contribution in [0.4, 0.5) is 0 Å². The van der Waals surface area contributed by atoms with Crippen LogP contribution in [0.25, 0.3) is 0 Å². The molecule has 0 spiro atoms. The van der Waals surface area contributed by atoms with Gasteiger partial charge < -0.3 is 14.6 Å². The number of hydrogen-bond donors (Lipinski definition) is 1. The normalized spacial score (nSPS) is 9.41. The summed E-state index contributed by atoms with van der Waals surface area (Å²) in [6.45, 7) is 0.300. The van der Waals surface area contributed by atoms with Gasteiger partial charge in [-0.15, -0.1) is 0 Å². The lowest BCUT2D eigenvalue weighted by Gasteiger charge is -2.10. The molecule has 0 saturated heterocycles. The van der Waals surface area contributed by atoms with Gasteiger partial charge in [-0.1, -0.05) is 0 Å². The summed E-state index contributed by atoms with van der Waals surface area (Å²) in [6, 6.07) is 6.83. The van der Waals surface area contributed by atoms with Crippen LogP contribution in [-0.4, -0.2) is 24.8 Å². The number of carboxylic acids is 1. The number of carbonyl (C=O) groups is 1. The Kier molecular flexibility index (Phi) is 4.82. The zero-order valence-electron chi connectivity index (χ0n) is 9.47. The molecule has 1 rings (SSSR count). The van der Waals surface area contributed by atoms with Crippen molar-refractivity contribution in [3.05, 3.63) is 23.8 Å². The van der Waals surface area contributed by atoms with Crippen molar-refractivity contribution in [2.45, 2.75) is 12.8 Å². The first-order valence-corrected chi connectivity index (χ1v) is 5.10. The Labute approximate surface area is 99.2 Å².